The summed E-state index contributed by atoms with van der Waals surface area (Å²) in [6.45, 7) is 3.85. The lowest BCUT2D eigenvalue weighted by atomic mass is 9.96. The van der Waals surface area contributed by atoms with E-state index in [0.717, 1.165) is 23.8 Å². The van der Waals surface area contributed by atoms with Crippen LogP contribution in [0.5, 0.6) is 0 Å². The Labute approximate surface area is 141 Å². The van der Waals surface area contributed by atoms with Crippen LogP contribution in [0.2, 0.25) is 0 Å². The fourth-order valence-electron chi connectivity index (χ4n) is 3.24. The number of aryl methyl sites for hydroxylation is 1. The van der Waals surface area contributed by atoms with Crippen LogP contribution in [0.4, 0.5) is 0 Å². The lowest BCUT2D eigenvalue weighted by Gasteiger charge is -2.31. The number of carbonyl (C=O) groups is 2. The van der Waals surface area contributed by atoms with E-state index in [1.54, 1.807) is 4.90 Å². The maximum absolute atomic E-state index is 12.9. The number of fused-ring (bicyclic) bond motifs is 1. The monoisotopic (exact) mass is 329 g/mol. The molecule has 1 saturated heterocycles. The zero-order chi connectivity index (χ0) is 17.1. The molecule has 2 heterocycles. The number of benzene rings is 1. The van der Waals surface area contributed by atoms with Crippen LogP contribution in [0.1, 0.15) is 29.0 Å². The van der Waals surface area contributed by atoms with Gasteiger partial charge in [0.15, 0.2) is 5.76 Å². The maximum atomic E-state index is 12.9. The third-order valence-electron chi connectivity index (χ3n) is 4.56. The van der Waals surface area contributed by atoms with Crippen LogP contribution in [0.3, 0.4) is 0 Å². The first-order chi connectivity index (χ1) is 11.6. The minimum absolute atomic E-state index is 0.0284. The molecule has 0 spiro atoms. The first kappa shape index (κ1) is 16.5. The predicted octanol–water partition coefficient (Wildman–Crippen LogP) is 1.67. The van der Waals surface area contributed by atoms with Gasteiger partial charge < -0.3 is 20.4 Å². The summed E-state index contributed by atoms with van der Waals surface area (Å²) < 4.78 is 5.77. The molecule has 1 aromatic heterocycles. The molecule has 3 rings (SSSR count). The summed E-state index contributed by atoms with van der Waals surface area (Å²) in [6.07, 6.45) is 1.60. The summed E-state index contributed by atoms with van der Waals surface area (Å²) in [5.41, 5.74) is 6.99. The van der Waals surface area contributed by atoms with Crippen LogP contribution in [0, 0.1) is 12.8 Å². The number of para-hydroxylation sites is 1. The average molecular weight is 329 g/mol. The van der Waals surface area contributed by atoms with Gasteiger partial charge in [-0.2, -0.15) is 0 Å². The van der Waals surface area contributed by atoms with Crippen molar-refractivity contribution in [3.63, 3.8) is 0 Å². The maximum Gasteiger partial charge on any atom is 0.289 e. The summed E-state index contributed by atoms with van der Waals surface area (Å²) in [4.78, 5) is 26.7. The number of rotatable bonds is 4. The minimum atomic E-state index is -0.182. The molecule has 0 bridgehead atoms. The number of piperidine rings is 1. The lowest BCUT2D eigenvalue weighted by molar-refractivity contribution is -0.126. The van der Waals surface area contributed by atoms with Crippen LogP contribution in [-0.4, -0.2) is 42.9 Å². The SMILES string of the molecule is Cc1c(C(=O)N2CCCC(C(=O)NCCN)C2)oc2ccccc12. The van der Waals surface area contributed by atoms with E-state index in [9.17, 15) is 9.59 Å². The first-order valence-corrected chi connectivity index (χ1v) is 8.37. The van der Waals surface area contributed by atoms with Crippen LogP contribution in [0.25, 0.3) is 11.0 Å². The van der Waals surface area contributed by atoms with E-state index in [0.29, 0.717) is 37.5 Å². The second-order valence-corrected chi connectivity index (χ2v) is 6.22. The Morgan fingerprint density at radius 1 is 1.38 bits per heavy atom. The van der Waals surface area contributed by atoms with Gasteiger partial charge >= 0.3 is 0 Å². The smallest absolute Gasteiger partial charge is 0.289 e. The highest BCUT2D eigenvalue weighted by Crippen LogP contribution is 2.27. The van der Waals surface area contributed by atoms with Crippen molar-refractivity contribution in [3.8, 4) is 0 Å². The zero-order valence-corrected chi connectivity index (χ0v) is 13.9. The van der Waals surface area contributed by atoms with E-state index in [4.69, 9.17) is 10.2 Å². The van der Waals surface area contributed by atoms with E-state index < -0.39 is 0 Å². The van der Waals surface area contributed by atoms with Crippen molar-refractivity contribution in [2.45, 2.75) is 19.8 Å². The van der Waals surface area contributed by atoms with Crippen molar-refractivity contribution in [2.24, 2.45) is 11.7 Å². The molecule has 2 amide bonds. The number of furan rings is 1. The molecule has 24 heavy (non-hydrogen) atoms. The Morgan fingerprint density at radius 2 is 2.17 bits per heavy atom. The summed E-state index contributed by atoms with van der Waals surface area (Å²) in [7, 11) is 0. The molecule has 0 aliphatic carbocycles. The third-order valence-corrected chi connectivity index (χ3v) is 4.56. The van der Waals surface area contributed by atoms with Gasteiger partial charge in [-0.05, 0) is 25.8 Å². The van der Waals surface area contributed by atoms with Gasteiger partial charge in [-0.25, -0.2) is 0 Å². The molecule has 1 unspecified atom stereocenters. The normalized spacial score (nSPS) is 17.9. The number of amides is 2. The van der Waals surface area contributed by atoms with Gasteiger partial charge in [-0.1, -0.05) is 18.2 Å². The van der Waals surface area contributed by atoms with E-state index in [1.165, 1.54) is 0 Å². The highest BCUT2D eigenvalue weighted by atomic mass is 16.3. The van der Waals surface area contributed by atoms with E-state index >= 15 is 0 Å². The Bertz CT molecular complexity index is 753. The van der Waals surface area contributed by atoms with Crippen LogP contribution in [-0.2, 0) is 4.79 Å². The van der Waals surface area contributed by atoms with Crippen molar-refractivity contribution in [1.29, 1.82) is 0 Å². The molecule has 6 heteroatoms. The molecule has 2 aromatic rings. The molecule has 1 aliphatic rings. The quantitative estimate of drug-likeness (QED) is 0.893. The molecule has 6 nitrogen and oxygen atoms in total. The number of hydrogen-bond donors (Lipinski definition) is 2. The van der Waals surface area contributed by atoms with E-state index in [2.05, 4.69) is 5.32 Å². The van der Waals surface area contributed by atoms with Crippen molar-refractivity contribution < 1.29 is 14.0 Å². The fourth-order valence-corrected chi connectivity index (χ4v) is 3.24. The predicted molar refractivity (Wildman–Crippen MR) is 91.6 cm³/mol. The molecule has 1 atom stereocenters. The van der Waals surface area contributed by atoms with Crippen LogP contribution in [0.15, 0.2) is 28.7 Å². The van der Waals surface area contributed by atoms with Crippen LogP contribution < -0.4 is 11.1 Å². The number of nitrogens with one attached hydrogen (secondary N) is 1. The van der Waals surface area contributed by atoms with Crippen molar-refractivity contribution in [3.05, 3.63) is 35.6 Å². The molecule has 128 valence electrons. The molecular weight excluding hydrogens is 306 g/mol. The molecule has 1 aliphatic heterocycles. The Balaban J connectivity index is 1.76. The standard InChI is InChI=1S/C18H23N3O3/c1-12-14-6-2-3-7-15(14)24-16(12)18(23)21-10-4-5-13(11-21)17(22)20-9-8-19/h2-3,6-7,13H,4-5,8-11,19H2,1H3,(H,20,22). The number of hydrogen-bond acceptors (Lipinski definition) is 4. The molecule has 0 radical (unpaired) electrons. The summed E-state index contributed by atoms with van der Waals surface area (Å²) in [6, 6.07) is 7.62. The molecule has 0 saturated carbocycles. The van der Waals surface area contributed by atoms with Gasteiger partial charge in [0.1, 0.15) is 5.58 Å². The first-order valence-electron chi connectivity index (χ1n) is 8.37. The van der Waals surface area contributed by atoms with Crippen molar-refractivity contribution in [2.75, 3.05) is 26.2 Å². The van der Waals surface area contributed by atoms with Gasteiger partial charge in [0.2, 0.25) is 5.91 Å². The number of nitrogens with two attached hydrogens (primary N) is 1. The second kappa shape index (κ2) is 7.05. The minimum Gasteiger partial charge on any atom is -0.451 e. The zero-order valence-electron chi connectivity index (χ0n) is 13.9. The Hall–Kier alpha value is -2.34. The highest BCUT2D eigenvalue weighted by molar-refractivity contribution is 5.99. The summed E-state index contributed by atoms with van der Waals surface area (Å²) in [5.74, 6) is 0.0254. The van der Waals surface area contributed by atoms with Gasteiger partial charge in [0.05, 0.1) is 5.92 Å². The molecular formula is C18H23N3O3. The van der Waals surface area contributed by atoms with Gasteiger partial charge in [-0.15, -0.1) is 0 Å². The average Bonchev–Trinajstić information content (AvgIpc) is 2.96. The topological polar surface area (TPSA) is 88.6 Å². The Kier molecular flexibility index (Phi) is 4.85. The largest absolute Gasteiger partial charge is 0.451 e. The fraction of sp³-hybridized carbons (Fsp3) is 0.444. The molecule has 1 fully saturated rings. The van der Waals surface area contributed by atoms with Gasteiger partial charge in [-0.3, -0.25) is 9.59 Å². The molecule has 1 aromatic carbocycles. The lowest BCUT2D eigenvalue weighted by Crippen LogP contribution is -2.46. The number of carbonyl (C=O) groups excluding carboxylic acids is 2. The molecule has 3 N–H and O–H groups in total. The van der Waals surface area contributed by atoms with Crippen LogP contribution >= 0.6 is 0 Å². The van der Waals surface area contributed by atoms with Gasteiger partial charge in [0.25, 0.3) is 5.91 Å². The Morgan fingerprint density at radius 3 is 2.92 bits per heavy atom. The number of likely N-dealkylation sites (tertiary alicyclic amines) is 1. The van der Waals surface area contributed by atoms with Gasteiger partial charge in [0, 0.05) is 37.1 Å². The second-order valence-electron chi connectivity index (χ2n) is 6.22. The summed E-state index contributed by atoms with van der Waals surface area (Å²) in [5, 5.41) is 3.76. The summed E-state index contributed by atoms with van der Waals surface area (Å²) >= 11 is 0. The highest BCUT2D eigenvalue weighted by Gasteiger charge is 2.31. The van der Waals surface area contributed by atoms with Crippen molar-refractivity contribution in [1.82, 2.24) is 10.2 Å². The van der Waals surface area contributed by atoms with Crippen molar-refractivity contribution >= 4 is 22.8 Å². The number of nitrogens with zero attached hydrogens (tertiary/aromatic N) is 1. The third kappa shape index (κ3) is 3.14. The van der Waals surface area contributed by atoms with E-state index in [-0.39, 0.29) is 17.7 Å². The van der Waals surface area contributed by atoms with E-state index in [1.807, 2.05) is 31.2 Å².